The number of ether oxygens (including phenoxy) is 1. The molecule has 1 aromatic heterocycles. The van der Waals surface area contributed by atoms with Crippen molar-refractivity contribution >= 4 is 0 Å². The number of hydrogen-bond acceptors (Lipinski definition) is 3. The lowest BCUT2D eigenvalue weighted by Gasteiger charge is -2.13. The Balaban J connectivity index is 2.59. The largest absolute Gasteiger partial charge is 0.477 e. The highest BCUT2D eigenvalue weighted by atomic mass is 19.1. The molecule has 1 atom stereocenters. The molecule has 1 rings (SSSR count). The fourth-order valence-corrected chi connectivity index (χ4v) is 1.54. The van der Waals surface area contributed by atoms with Crippen molar-refractivity contribution in [1.29, 1.82) is 0 Å². The summed E-state index contributed by atoms with van der Waals surface area (Å²) >= 11 is 0. The van der Waals surface area contributed by atoms with Crippen molar-refractivity contribution in [2.24, 2.45) is 11.7 Å². The van der Waals surface area contributed by atoms with Crippen molar-refractivity contribution in [2.75, 3.05) is 6.61 Å². The minimum absolute atomic E-state index is 0.238. The van der Waals surface area contributed by atoms with E-state index in [1.54, 1.807) is 0 Å². The van der Waals surface area contributed by atoms with E-state index >= 15 is 0 Å². The van der Waals surface area contributed by atoms with E-state index in [1.807, 2.05) is 0 Å². The van der Waals surface area contributed by atoms with E-state index in [4.69, 9.17) is 10.5 Å². The molecule has 0 saturated carbocycles. The molecule has 1 aromatic rings. The van der Waals surface area contributed by atoms with Gasteiger partial charge in [-0.2, -0.15) is 0 Å². The summed E-state index contributed by atoms with van der Waals surface area (Å²) in [7, 11) is 0. The van der Waals surface area contributed by atoms with E-state index in [0.717, 1.165) is 19.0 Å². The first-order valence-corrected chi connectivity index (χ1v) is 5.64. The SMILES string of the molecule is CCCC(C)COc1ncc(F)cc1CN. The van der Waals surface area contributed by atoms with Crippen molar-refractivity contribution in [3.63, 3.8) is 0 Å². The molecule has 0 aliphatic heterocycles. The Hall–Kier alpha value is -1.16. The molecule has 0 aliphatic carbocycles. The maximum atomic E-state index is 12.9. The molecule has 16 heavy (non-hydrogen) atoms. The van der Waals surface area contributed by atoms with E-state index in [2.05, 4.69) is 18.8 Å². The minimum atomic E-state index is -0.380. The minimum Gasteiger partial charge on any atom is -0.477 e. The molecule has 1 unspecified atom stereocenters. The molecule has 0 radical (unpaired) electrons. The van der Waals surface area contributed by atoms with Gasteiger partial charge in [0, 0.05) is 12.1 Å². The van der Waals surface area contributed by atoms with Gasteiger partial charge in [0.25, 0.3) is 0 Å². The average Bonchev–Trinajstić information content (AvgIpc) is 2.27. The summed E-state index contributed by atoms with van der Waals surface area (Å²) in [4.78, 5) is 3.90. The number of hydrogen-bond donors (Lipinski definition) is 1. The summed E-state index contributed by atoms with van der Waals surface area (Å²) in [6.45, 7) is 5.09. The molecule has 0 aromatic carbocycles. The van der Waals surface area contributed by atoms with Gasteiger partial charge in [0.15, 0.2) is 0 Å². The third-order valence-electron chi connectivity index (χ3n) is 2.40. The smallest absolute Gasteiger partial charge is 0.218 e. The fourth-order valence-electron chi connectivity index (χ4n) is 1.54. The van der Waals surface area contributed by atoms with Crippen LogP contribution in [0.15, 0.2) is 12.3 Å². The van der Waals surface area contributed by atoms with Crippen molar-refractivity contribution in [3.8, 4) is 5.88 Å². The van der Waals surface area contributed by atoms with E-state index in [-0.39, 0.29) is 12.4 Å². The molecule has 3 nitrogen and oxygen atoms in total. The van der Waals surface area contributed by atoms with Gasteiger partial charge in [-0.05, 0) is 18.4 Å². The van der Waals surface area contributed by atoms with Crippen molar-refractivity contribution < 1.29 is 9.13 Å². The number of halogens is 1. The average molecular weight is 226 g/mol. The van der Waals surface area contributed by atoms with E-state index in [1.165, 1.54) is 6.07 Å². The summed E-state index contributed by atoms with van der Waals surface area (Å²) in [5.41, 5.74) is 6.11. The highest BCUT2D eigenvalue weighted by Crippen LogP contribution is 2.17. The molecule has 0 bridgehead atoms. The standard InChI is InChI=1S/C12H19FN2O/c1-3-4-9(2)8-16-12-10(6-14)5-11(13)7-15-12/h5,7,9H,3-4,6,8,14H2,1-2H3. The zero-order valence-corrected chi connectivity index (χ0v) is 9.87. The second kappa shape index (κ2) is 6.43. The van der Waals surface area contributed by atoms with E-state index in [9.17, 15) is 4.39 Å². The summed E-state index contributed by atoms with van der Waals surface area (Å²) in [6.07, 6.45) is 3.39. The van der Waals surface area contributed by atoms with Gasteiger partial charge in [-0.15, -0.1) is 0 Å². The number of nitrogens with zero attached hydrogens (tertiary/aromatic N) is 1. The first kappa shape index (κ1) is 12.9. The number of aromatic nitrogens is 1. The Morgan fingerprint density at radius 3 is 2.94 bits per heavy atom. The predicted molar refractivity (Wildman–Crippen MR) is 61.7 cm³/mol. The maximum Gasteiger partial charge on any atom is 0.218 e. The second-order valence-corrected chi connectivity index (χ2v) is 4.03. The monoisotopic (exact) mass is 226 g/mol. The van der Waals surface area contributed by atoms with Gasteiger partial charge in [-0.1, -0.05) is 20.3 Å². The van der Waals surface area contributed by atoms with Crippen LogP contribution in [-0.2, 0) is 6.54 Å². The molecule has 1 heterocycles. The van der Waals surface area contributed by atoms with Gasteiger partial charge >= 0.3 is 0 Å². The number of pyridine rings is 1. The molecular formula is C12H19FN2O. The maximum absolute atomic E-state index is 12.9. The lowest BCUT2D eigenvalue weighted by Crippen LogP contribution is -2.11. The molecule has 90 valence electrons. The van der Waals surface area contributed by atoms with Crippen LogP contribution >= 0.6 is 0 Å². The van der Waals surface area contributed by atoms with E-state index in [0.29, 0.717) is 24.0 Å². The van der Waals surface area contributed by atoms with Gasteiger partial charge in [0.1, 0.15) is 5.82 Å². The first-order valence-electron chi connectivity index (χ1n) is 5.64. The molecule has 0 amide bonds. The molecule has 0 saturated heterocycles. The van der Waals surface area contributed by atoms with Gasteiger partial charge in [-0.3, -0.25) is 0 Å². The fraction of sp³-hybridized carbons (Fsp3) is 0.583. The molecule has 0 fully saturated rings. The quantitative estimate of drug-likeness (QED) is 0.810. The lowest BCUT2D eigenvalue weighted by atomic mass is 10.1. The molecule has 0 spiro atoms. The summed E-state index contributed by atoms with van der Waals surface area (Å²) in [5.74, 6) is 0.545. The Morgan fingerprint density at radius 2 is 2.31 bits per heavy atom. The van der Waals surface area contributed by atoms with Crippen LogP contribution in [0.3, 0.4) is 0 Å². The number of rotatable bonds is 6. The van der Waals surface area contributed by atoms with Crippen LogP contribution in [0.4, 0.5) is 4.39 Å². The van der Waals surface area contributed by atoms with E-state index < -0.39 is 0 Å². The van der Waals surface area contributed by atoms with Gasteiger partial charge in [-0.25, -0.2) is 9.37 Å². The molecule has 4 heteroatoms. The van der Waals surface area contributed by atoms with Crippen LogP contribution in [0, 0.1) is 11.7 Å². The molecule has 2 N–H and O–H groups in total. The second-order valence-electron chi connectivity index (χ2n) is 4.03. The summed E-state index contributed by atoms with van der Waals surface area (Å²) in [5, 5.41) is 0. The van der Waals surface area contributed by atoms with Gasteiger partial charge < -0.3 is 10.5 Å². The van der Waals surface area contributed by atoms with Gasteiger partial charge in [0.2, 0.25) is 5.88 Å². The summed E-state index contributed by atoms with van der Waals surface area (Å²) in [6, 6.07) is 1.37. The first-order chi connectivity index (χ1) is 7.67. The molecular weight excluding hydrogens is 207 g/mol. The normalized spacial score (nSPS) is 12.5. The highest BCUT2D eigenvalue weighted by Gasteiger charge is 2.08. The zero-order chi connectivity index (χ0) is 12.0. The third kappa shape index (κ3) is 3.77. The Kier molecular flexibility index (Phi) is 5.19. The predicted octanol–water partition coefficient (Wildman–Crippen LogP) is 2.49. The van der Waals surface area contributed by atoms with Crippen LogP contribution in [0.2, 0.25) is 0 Å². The zero-order valence-electron chi connectivity index (χ0n) is 9.87. The van der Waals surface area contributed by atoms with Gasteiger partial charge in [0.05, 0.1) is 12.8 Å². The Morgan fingerprint density at radius 1 is 1.56 bits per heavy atom. The van der Waals surface area contributed by atoms with Crippen molar-refractivity contribution in [1.82, 2.24) is 4.98 Å². The van der Waals surface area contributed by atoms with Crippen LogP contribution < -0.4 is 10.5 Å². The molecule has 0 aliphatic rings. The summed E-state index contributed by atoms with van der Waals surface area (Å²) < 4.78 is 18.4. The Labute approximate surface area is 95.8 Å². The van der Waals surface area contributed by atoms with Crippen LogP contribution in [0.5, 0.6) is 5.88 Å². The highest BCUT2D eigenvalue weighted by molar-refractivity contribution is 5.25. The van der Waals surface area contributed by atoms with Crippen LogP contribution in [0.1, 0.15) is 32.3 Å². The topological polar surface area (TPSA) is 48.1 Å². The number of nitrogens with two attached hydrogens (primary N) is 1. The lowest BCUT2D eigenvalue weighted by molar-refractivity contribution is 0.240. The van der Waals surface area contributed by atoms with Crippen LogP contribution in [-0.4, -0.2) is 11.6 Å². The third-order valence-corrected chi connectivity index (χ3v) is 2.40. The van der Waals surface area contributed by atoms with Crippen molar-refractivity contribution in [2.45, 2.75) is 33.2 Å². The Bertz CT molecular complexity index is 331. The van der Waals surface area contributed by atoms with Crippen LogP contribution in [0.25, 0.3) is 0 Å². The van der Waals surface area contributed by atoms with Crippen molar-refractivity contribution in [3.05, 3.63) is 23.6 Å².